The number of hydrogen-bond donors (Lipinski definition) is 1. The lowest BCUT2D eigenvalue weighted by molar-refractivity contribution is 0.105. The number of amides is 2. The van der Waals surface area contributed by atoms with Crippen LogP contribution in [0.25, 0.3) is 0 Å². The van der Waals surface area contributed by atoms with Crippen molar-refractivity contribution >= 4 is 6.03 Å². The predicted molar refractivity (Wildman–Crippen MR) is 88.2 cm³/mol. The number of ether oxygens (including phenoxy) is 1. The summed E-state index contributed by atoms with van der Waals surface area (Å²) in [5.74, 6) is 0. The second-order valence-corrected chi connectivity index (χ2v) is 6.74. The fourth-order valence-electron chi connectivity index (χ4n) is 3.65. The highest BCUT2D eigenvalue weighted by Gasteiger charge is 2.34. The molecule has 6 heteroatoms. The van der Waals surface area contributed by atoms with Crippen molar-refractivity contribution in [2.24, 2.45) is 0 Å². The number of hydrogen-bond acceptors (Lipinski definition) is 3. The standard InChI is InChI=1S/C17H28N4O2/c1-4-21-14-8-10-23-11-13(14)16(19-21)15-7-5-6-9-20(15)17(22)18-12(2)3/h12,15H,4-11H2,1-3H3,(H,18,22). The molecule has 3 rings (SSSR count). The summed E-state index contributed by atoms with van der Waals surface area (Å²) in [7, 11) is 0. The monoisotopic (exact) mass is 320 g/mol. The van der Waals surface area contributed by atoms with Gasteiger partial charge < -0.3 is 15.0 Å². The Balaban J connectivity index is 1.91. The van der Waals surface area contributed by atoms with E-state index in [1.807, 2.05) is 18.7 Å². The normalized spacial score (nSPS) is 21.4. The second-order valence-electron chi connectivity index (χ2n) is 6.74. The Morgan fingerprint density at radius 3 is 3.00 bits per heavy atom. The summed E-state index contributed by atoms with van der Waals surface area (Å²) in [5, 5.41) is 7.89. The van der Waals surface area contributed by atoms with Crippen molar-refractivity contribution in [3.05, 3.63) is 17.0 Å². The molecule has 2 amide bonds. The summed E-state index contributed by atoms with van der Waals surface area (Å²) in [6, 6.07) is 0.252. The Hall–Kier alpha value is -1.56. The zero-order valence-electron chi connectivity index (χ0n) is 14.5. The van der Waals surface area contributed by atoms with Crippen molar-refractivity contribution in [3.63, 3.8) is 0 Å². The molecule has 6 nitrogen and oxygen atoms in total. The molecule has 0 aromatic carbocycles. The number of nitrogens with one attached hydrogen (secondary N) is 1. The highest BCUT2D eigenvalue weighted by Crippen LogP contribution is 2.35. The quantitative estimate of drug-likeness (QED) is 0.931. The van der Waals surface area contributed by atoms with Crippen LogP contribution in [0.15, 0.2) is 0 Å². The molecule has 1 N–H and O–H groups in total. The molecule has 0 spiro atoms. The van der Waals surface area contributed by atoms with E-state index in [2.05, 4.69) is 16.9 Å². The number of aryl methyl sites for hydroxylation is 1. The van der Waals surface area contributed by atoms with E-state index in [0.29, 0.717) is 6.61 Å². The number of carbonyl (C=O) groups excluding carboxylic acids is 1. The maximum Gasteiger partial charge on any atom is 0.318 e. The molecule has 1 atom stereocenters. The van der Waals surface area contributed by atoms with Gasteiger partial charge in [-0.25, -0.2) is 4.79 Å². The van der Waals surface area contributed by atoms with Crippen LogP contribution < -0.4 is 5.32 Å². The Morgan fingerprint density at radius 2 is 2.26 bits per heavy atom. The summed E-state index contributed by atoms with van der Waals surface area (Å²) in [4.78, 5) is 14.6. The zero-order chi connectivity index (χ0) is 16.4. The molecule has 0 bridgehead atoms. The number of urea groups is 1. The maximum absolute atomic E-state index is 12.6. The fourth-order valence-corrected chi connectivity index (χ4v) is 3.65. The zero-order valence-corrected chi connectivity index (χ0v) is 14.5. The van der Waals surface area contributed by atoms with Crippen molar-refractivity contribution in [2.45, 2.75) is 71.7 Å². The molecule has 1 saturated heterocycles. The predicted octanol–water partition coefficient (Wildman–Crippen LogP) is 2.62. The lowest BCUT2D eigenvalue weighted by Crippen LogP contribution is -2.47. The van der Waals surface area contributed by atoms with Crippen LogP contribution in [-0.2, 0) is 24.3 Å². The molecule has 1 unspecified atom stereocenters. The van der Waals surface area contributed by atoms with Gasteiger partial charge in [0.25, 0.3) is 0 Å². The fraction of sp³-hybridized carbons (Fsp3) is 0.765. The minimum atomic E-state index is 0.0289. The summed E-state index contributed by atoms with van der Waals surface area (Å²) >= 11 is 0. The highest BCUT2D eigenvalue weighted by molar-refractivity contribution is 5.75. The Kier molecular flexibility index (Phi) is 4.90. The van der Waals surface area contributed by atoms with Crippen LogP contribution in [-0.4, -0.2) is 39.9 Å². The van der Waals surface area contributed by atoms with Crippen molar-refractivity contribution < 1.29 is 9.53 Å². The van der Waals surface area contributed by atoms with Gasteiger partial charge in [0.2, 0.25) is 0 Å². The van der Waals surface area contributed by atoms with Crippen LogP contribution >= 0.6 is 0 Å². The van der Waals surface area contributed by atoms with Gasteiger partial charge in [0, 0.05) is 36.8 Å². The number of fused-ring (bicyclic) bond motifs is 1. The van der Waals surface area contributed by atoms with E-state index in [4.69, 9.17) is 9.84 Å². The molecule has 3 heterocycles. The van der Waals surface area contributed by atoms with E-state index in [1.165, 1.54) is 11.3 Å². The van der Waals surface area contributed by atoms with Gasteiger partial charge in [0.05, 0.1) is 24.9 Å². The van der Waals surface area contributed by atoms with Crippen LogP contribution in [0.5, 0.6) is 0 Å². The van der Waals surface area contributed by atoms with Crippen LogP contribution in [0, 0.1) is 0 Å². The Bertz CT molecular complexity index is 567. The van der Waals surface area contributed by atoms with Gasteiger partial charge >= 0.3 is 6.03 Å². The van der Waals surface area contributed by atoms with Gasteiger partial charge in [0.1, 0.15) is 0 Å². The van der Waals surface area contributed by atoms with Gasteiger partial charge in [-0.05, 0) is 40.0 Å². The smallest absolute Gasteiger partial charge is 0.318 e. The summed E-state index contributed by atoms with van der Waals surface area (Å²) < 4.78 is 7.77. The third-order valence-electron chi connectivity index (χ3n) is 4.72. The van der Waals surface area contributed by atoms with Gasteiger partial charge in [-0.3, -0.25) is 4.68 Å². The molecule has 2 aliphatic rings. The van der Waals surface area contributed by atoms with Crippen LogP contribution in [0.1, 0.15) is 63.0 Å². The SMILES string of the molecule is CCn1nc(C2CCCCN2C(=O)NC(C)C)c2c1CCOC2. The molecule has 1 aromatic rings. The molecule has 1 fully saturated rings. The van der Waals surface area contributed by atoms with E-state index in [0.717, 1.165) is 51.1 Å². The van der Waals surface area contributed by atoms with E-state index >= 15 is 0 Å². The van der Waals surface area contributed by atoms with E-state index < -0.39 is 0 Å². The number of aromatic nitrogens is 2. The first-order valence-electron chi connectivity index (χ1n) is 8.85. The topological polar surface area (TPSA) is 59.4 Å². The Morgan fingerprint density at radius 1 is 1.43 bits per heavy atom. The summed E-state index contributed by atoms with van der Waals surface area (Å²) in [6.45, 7) is 9.18. The largest absolute Gasteiger partial charge is 0.376 e. The number of likely N-dealkylation sites (tertiary alicyclic amines) is 1. The Labute approximate surface area is 138 Å². The third kappa shape index (κ3) is 3.22. The van der Waals surface area contributed by atoms with Crippen molar-refractivity contribution in [2.75, 3.05) is 13.2 Å². The average Bonchev–Trinajstić information content (AvgIpc) is 2.93. The first kappa shape index (κ1) is 16.3. The second kappa shape index (κ2) is 6.91. The summed E-state index contributed by atoms with van der Waals surface area (Å²) in [5.41, 5.74) is 3.57. The average molecular weight is 320 g/mol. The minimum absolute atomic E-state index is 0.0289. The third-order valence-corrected chi connectivity index (χ3v) is 4.72. The van der Waals surface area contributed by atoms with Crippen molar-refractivity contribution in [1.82, 2.24) is 20.0 Å². The number of carbonyl (C=O) groups is 1. The van der Waals surface area contributed by atoms with Gasteiger partial charge in [0.15, 0.2) is 0 Å². The molecule has 2 aliphatic heterocycles. The first-order chi connectivity index (χ1) is 11.1. The molecular formula is C17H28N4O2. The van der Waals surface area contributed by atoms with Crippen LogP contribution in [0.2, 0.25) is 0 Å². The van der Waals surface area contributed by atoms with Crippen molar-refractivity contribution in [3.8, 4) is 0 Å². The minimum Gasteiger partial charge on any atom is -0.376 e. The van der Waals surface area contributed by atoms with Gasteiger partial charge in [-0.1, -0.05) is 0 Å². The first-order valence-corrected chi connectivity index (χ1v) is 8.85. The van der Waals surface area contributed by atoms with Gasteiger partial charge in [-0.15, -0.1) is 0 Å². The van der Waals surface area contributed by atoms with E-state index in [9.17, 15) is 4.79 Å². The van der Waals surface area contributed by atoms with E-state index in [1.54, 1.807) is 0 Å². The lowest BCUT2D eigenvalue weighted by atomic mass is 9.95. The molecular weight excluding hydrogens is 292 g/mol. The number of piperidine rings is 1. The number of rotatable bonds is 3. The maximum atomic E-state index is 12.6. The van der Waals surface area contributed by atoms with E-state index in [-0.39, 0.29) is 18.1 Å². The molecule has 1 aromatic heterocycles. The molecule has 0 radical (unpaired) electrons. The lowest BCUT2D eigenvalue weighted by Gasteiger charge is -2.36. The van der Waals surface area contributed by atoms with Crippen LogP contribution in [0.3, 0.4) is 0 Å². The molecule has 23 heavy (non-hydrogen) atoms. The molecule has 0 saturated carbocycles. The summed E-state index contributed by atoms with van der Waals surface area (Å²) in [6.07, 6.45) is 4.11. The van der Waals surface area contributed by atoms with Crippen molar-refractivity contribution in [1.29, 1.82) is 0 Å². The highest BCUT2D eigenvalue weighted by atomic mass is 16.5. The number of nitrogens with zero attached hydrogens (tertiary/aromatic N) is 3. The molecule has 0 aliphatic carbocycles. The van der Waals surface area contributed by atoms with Gasteiger partial charge in [-0.2, -0.15) is 5.10 Å². The van der Waals surface area contributed by atoms with Crippen LogP contribution in [0.4, 0.5) is 4.79 Å². The molecule has 128 valence electrons.